The van der Waals surface area contributed by atoms with Gasteiger partial charge in [-0.05, 0) is 43.5 Å². The van der Waals surface area contributed by atoms with Gasteiger partial charge in [-0.15, -0.1) is 0 Å². The van der Waals surface area contributed by atoms with Crippen molar-refractivity contribution in [2.75, 3.05) is 51.4 Å². The molecule has 1 aromatic carbocycles. The van der Waals surface area contributed by atoms with Crippen molar-refractivity contribution >= 4 is 11.7 Å². The summed E-state index contributed by atoms with van der Waals surface area (Å²) >= 11 is 0. The van der Waals surface area contributed by atoms with Crippen molar-refractivity contribution in [2.45, 2.75) is 25.8 Å². The summed E-state index contributed by atoms with van der Waals surface area (Å²) in [5.41, 5.74) is 3.10. The predicted octanol–water partition coefficient (Wildman–Crippen LogP) is 1.92. The maximum atomic E-state index is 12.3. The van der Waals surface area contributed by atoms with Crippen molar-refractivity contribution in [3.05, 3.63) is 29.3 Å². The molecule has 1 unspecified atom stereocenters. The molecule has 2 amide bonds. The average molecular weight is 333 g/mol. The van der Waals surface area contributed by atoms with Crippen LogP contribution in [0.5, 0.6) is 0 Å². The van der Waals surface area contributed by atoms with Crippen LogP contribution < -0.4 is 10.6 Å². The third-order valence-electron chi connectivity index (χ3n) is 5.11. The van der Waals surface area contributed by atoms with E-state index >= 15 is 0 Å². The highest BCUT2D eigenvalue weighted by atomic mass is 16.5. The number of carbonyl (C=O) groups excluding carboxylic acids is 1. The van der Waals surface area contributed by atoms with Crippen molar-refractivity contribution in [2.24, 2.45) is 0 Å². The van der Waals surface area contributed by atoms with Gasteiger partial charge < -0.3 is 20.1 Å². The van der Waals surface area contributed by atoms with E-state index in [9.17, 15) is 4.79 Å². The number of ether oxygens (including phenoxy) is 2. The van der Waals surface area contributed by atoms with E-state index in [1.165, 1.54) is 11.1 Å². The molecule has 0 bridgehead atoms. The van der Waals surface area contributed by atoms with Crippen LogP contribution in [-0.2, 0) is 9.47 Å². The Balaban J connectivity index is 1.57. The van der Waals surface area contributed by atoms with Crippen molar-refractivity contribution in [3.8, 4) is 0 Å². The molecule has 2 N–H and O–H groups in total. The van der Waals surface area contributed by atoms with E-state index in [0.29, 0.717) is 13.2 Å². The molecule has 6 nitrogen and oxygen atoms in total. The van der Waals surface area contributed by atoms with E-state index in [4.69, 9.17) is 9.47 Å². The number of urea groups is 1. The Morgan fingerprint density at radius 2 is 1.96 bits per heavy atom. The Bertz CT molecular complexity index is 579. The molecule has 0 spiro atoms. The molecule has 1 aromatic rings. The molecule has 6 heteroatoms. The Labute approximate surface area is 143 Å². The molecule has 2 fully saturated rings. The second-order valence-corrected chi connectivity index (χ2v) is 6.73. The second-order valence-electron chi connectivity index (χ2n) is 6.73. The lowest BCUT2D eigenvalue weighted by Crippen LogP contribution is -2.59. The first-order valence-corrected chi connectivity index (χ1v) is 8.62. The Morgan fingerprint density at radius 3 is 2.62 bits per heavy atom. The zero-order chi connectivity index (χ0) is 17.0. The number of nitrogens with zero attached hydrogens (tertiary/aromatic N) is 1. The molecule has 2 heterocycles. The topological polar surface area (TPSA) is 62.8 Å². The number of nitrogens with one attached hydrogen (secondary N) is 2. The van der Waals surface area contributed by atoms with E-state index < -0.39 is 0 Å². The predicted molar refractivity (Wildman–Crippen MR) is 93.5 cm³/mol. The fourth-order valence-electron chi connectivity index (χ4n) is 3.37. The normalized spacial score (nSPS) is 24.8. The third-order valence-corrected chi connectivity index (χ3v) is 5.11. The highest BCUT2D eigenvalue weighted by molar-refractivity contribution is 5.89. The molecule has 0 saturated carbocycles. The first-order chi connectivity index (χ1) is 11.6. The summed E-state index contributed by atoms with van der Waals surface area (Å²) in [6.45, 7) is 9.38. The standard InChI is InChI=1S/C18H27N3O3/c1-14-3-4-16(11-15(14)2)20-17(22)19-12-18(5-8-24-13-18)21-6-9-23-10-7-21/h3-4,11H,5-10,12-13H2,1-2H3,(H2,19,20,22). The number of benzene rings is 1. The monoisotopic (exact) mass is 333 g/mol. The fraction of sp³-hybridized carbons (Fsp3) is 0.611. The van der Waals surface area contributed by atoms with Crippen LogP contribution in [0, 0.1) is 13.8 Å². The summed E-state index contributed by atoms with van der Waals surface area (Å²) in [6.07, 6.45) is 0.941. The number of hydrogen-bond donors (Lipinski definition) is 2. The number of carbonyl (C=O) groups is 1. The second kappa shape index (κ2) is 7.51. The van der Waals surface area contributed by atoms with Crippen molar-refractivity contribution < 1.29 is 14.3 Å². The van der Waals surface area contributed by atoms with E-state index in [-0.39, 0.29) is 11.6 Å². The third kappa shape index (κ3) is 3.88. The van der Waals surface area contributed by atoms with Crippen LogP contribution in [0.25, 0.3) is 0 Å². The lowest BCUT2D eigenvalue weighted by atomic mass is 9.95. The summed E-state index contributed by atoms with van der Waals surface area (Å²) in [4.78, 5) is 14.7. The number of hydrogen-bond acceptors (Lipinski definition) is 4. The molecule has 2 aliphatic rings. The van der Waals surface area contributed by atoms with Gasteiger partial charge in [0.25, 0.3) is 0 Å². The van der Waals surface area contributed by atoms with Crippen molar-refractivity contribution in [1.29, 1.82) is 0 Å². The molecule has 3 rings (SSSR count). The van der Waals surface area contributed by atoms with Gasteiger partial charge in [0.1, 0.15) is 0 Å². The molecule has 0 aromatic heterocycles. The zero-order valence-corrected chi connectivity index (χ0v) is 14.6. The fourth-order valence-corrected chi connectivity index (χ4v) is 3.37. The first-order valence-electron chi connectivity index (χ1n) is 8.62. The summed E-state index contributed by atoms with van der Waals surface area (Å²) in [6, 6.07) is 5.77. The zero-order valence-electron chi connectivity index (χ0n) is 14.6. The van der Waals surface area contributed by atoms with Crippen LogP contribution in [0.2, 0.25) is 0 Å². The lowest BCUT2D eigenvalue weighted by molar-refractivity contribution is -0.0245. The van der Waals surface area contributed by atoms with Gasteiger partial charge in [0.05, 0.1) is 25.4 Å². The summed E-state index contributed by atoms with van der Waals surface area (Å²) < 4.78 is 11.1. The van der Waals surface area contributed by atoms with E-state index in [0.717, 1.165) is 45.0 Å². The van der Waals surface area contributed by atoms with Gasteiger partial charge in [0.2, 0.25) is 0 Å². The Hall–Kier alpha value is -1.63. The smallest absolute Gasteiger partial charge is 0.319 e. The largest absolute Gasteiger partial charge is 0.379 e. The molecule has 1 atom stereocenters. The first kappa shape index (κ1) is 17.2. The van der Waals surface area contributed by atoms with Crippen LogP contribution in [-0.4, -0.2) is 62.5 Å². The molecule has 0 radical (unpaired) electrons. The highest BCUT2D eigenvalue weighted by Crippen LogP contribution is 2.26. The minimum atomic E-state index is -0.169. The van der Waals surface area contributed by atoms with Crippen LogP contribution in [0.1, 0.15) is 17.5 Å². The number of amides is 2. The van der Waals surface area contributed by atoms with Gasteiger partial charge in [-0.2, -0.15) is 0 Å². The minimum Gasteiger partial charge on any atom is -0.379 e. The van der Waals surface area contributed by atoms with Gasteiger partial charge in [-0.3, -0.25) is 4.90 Å². The summed E-state index contributed by atoms with van der Waals surface area (Å²) in [7, 11) is 0. The molecule has 24 heavy (non-hydrogen) atoms. The van der Waals surface area contributed by atoms with E-state index in [1.54, 1.807) is 0 Å². The Kier molecular flexibility index (Phi) is 5.38. The maximum Gasteiger partial charge on any atom is 0.319 e. The van der Waals surface area contributed by atoms with Crippen LogP contribution >= 0.6 is 0 Å². The number of rotatable bonds is 4. The van der Waals surface area contributed by atoms with Gasteiger partial charge in [-0.25, -0.2) is 4.79 Å². The Morgan fingerprint density at radius 1 is 1.17 bits per heavy atom. The lowest BCUT2D eigenvalue weighted by Gasteiger charge is -2.42. The van der Waals surface area contributed by atoms with Gasteiger partial charge in [0.15, 0.2) is 0 Å². The minimum absolute atomic E-state index is 0.107. The van der Waals surface area contributed by atoms with Gasteiger partial charge in [-0.1, -0.05) is 6.07 Å². The van der Waals surface area contributed by atoms with Gasteiger partial charge in [0, 0.05) is 31.9 Å². The van der Waals surface area contributed by atoms with Crippen molar-refractivity contribution in [3.63, 3.8) is 0 Å². The number of aryl methyl sites for hydroxylation is 2. The maximum absolute atomic E-state index is 12.3. The molecule has 2 aliphatic heterocycles. The quantitative estimate of drug-likeness (QED) is 0.884. The number of anilines is 1. The molecule has 0 aliphatic carbocycles. The molecule has 132 valence electrons. The van der Waals surface area contributed by atoms with Crippen LogP contribution in [0.4, 0.5) is 10.5 Å². The number of morpholine rings is 1. The van der Waals surface area contributed by atoms with E-state index in [1.807, 2.05) is 25.1 Å². The molecule has 2 saturated heterocycles. The highest BCUT2D eigenvalue weighted by Gasteiger charge is 2.41. The molecular weight excluding hydrogens is 306 g/mol. The average Bonchev–Trinajstić information content (AvgIpc) is 3.07. The summed E-state index contributed by atoms with van der Waals surface area (Å²) in [5, 5.41) is 5.95. The summed E-state index contributed by atoms with van der Waals surface area (Å²) in [5.74, 6) is 0. The van der Waals surface area contributed by atoms with Crippen molar-refractivity contribution in [1.82, 2.24) is 10.2 Å². The molecular formula is C18H27N3O3. The van der Waals surface area contributed by atoms with Crippen LogP contribution in [0.3, 0.4) is 0 Å². The van der Waals surface area contributed by atoms with Crippen LogP contribution in [0.15, 0.2) is 18.2 Å². The van der Waals surface area contributed by atoms with E-state index in [2.05, 4.69) is 22.5 Å². The SMILES string of the molecule is Cc1ccc(NC(=O)NCC2(N3CCOCC3)CCOC2)cc1C. The van der Waals surface area contributed by atoms with Gasteiger partial charge >= 0.3 is 6.03 Å².